The standard InChI is InChI=1S/C15H15ClF6N2O3/c1-14(2,3)27-13(26)23-7-5-4-6(16)8(9(7)17)10(25)24-12(20)15(21,22)11(18)19/h4-5,11-12H,1-3H3,(H,23,26)(H,24,25). The molecule has 1 atom stereocenters. The van der Waals surface area contributed by atoms with Crippen molar-refractivity contribution in [2.75, 3.05) is 5.32 Å². The van der Waals surface area contributed by atoms with Crippen LogP contribution in [0.25, 0.3) is 0 Å². The molecule has 0 aliphatic rings. The third-order valence-electron chi connectivity index (χ3n) is 2.84. The first-order valence-electron chi connectivity index (χ1n) is 7.25. The number of anilines is 1. The van der Waals surface area contributed by atoms with Gasteiger partial charge in [-0.25, -0.2) is 22.4 Å². The lowest BCUT2D eigenvalue weighted by Crippen LogP contribution is -2.49. The van der Waals surface area contributed by atoms with Crippen molar-refractivity contribution in [1.82, 2.24) is 5.32 Å². The highest BCUT2D eigenvalue weighted by Gasteiger charge is 2.50. The Morgan fingerprint density at radius 2 is 1.70 bits per heavy atom. The summed E-state index contributed by atoms with van der Waals surface area (Å²) >= 11 is 5.60. The van der Waals surface area contributed by atoms with E-state index in [9.17, 15) is 35.9 Å². The van der Waals surface area contributed by atoms with Crippen molar-refractivity contribution in [3.63, 3.8) is 0 Å². The van der Waals surface area contributed by atoms with Gasteiger partial charge < -0.3 is 10.1 Å². The second kappa shape index (κ2) is 8.24. The van der Waals surface area contributed by atoms with E-state index in [0.717, 1.165) is 17.4 Å². The van der Waals surface area contributed by atoms with Crippen LogP contribution in [0.15, 0.2) is 12.1 Å². The number of alkyl halides is 5. The Balaban J connectivity index is 3.08. The number of hydrogen-bond acceptors (Lipinski definition) is 3. The van der Waals surface area contributed by atoms with Gasteiger partial charge in [0.15, 0.2) is 5.82 Å². The molecule has 1 aromatic rings. The molecule has 0 radical (unpaired) electrons. The van der Waals surface area contributed by atoms with Gasteiger partial charge in [-0.1, -0.05) is 11.6 Å². The number of benzene rings is 1. The molecule has 0 spiro atoms. The average molecular weight is 421 g/mol. The van der Waals surface area contributed by atoms with E-state index in [1.165, 1.54) is 20.8 Å². The van der Waals surface area contributed by atoms with Crippen LogP contribution in [0.5, 0.6) is 0 Å². The van der Waals surface area contributed by atoms with Crippen LogP contribution >= 0.6 is 11.6 Å². The molecular weight excluding hydrogens is 406 g/mol. The van der Waals surface area contributed by atoms with Crippen LogP contribution in [0.4, 0.5) is 36.8 Å². The van der Waals surface area contributed by atoms with Crippen molar-refractivity contribution in [1.29, 1.82) is 0 Å². The molecule has 152 valence electrons. The lowest BCUT2D eigenvalue weighted by Gasteiger charge is -2.21. The molecule has 27 heavy (non-hydrogen) atoms. The summed E-state index contributed by atoms with van der Waals surface area (Å²) in [4.78, 5) is 23.5. The number of rotatable bonds is 5. The van der Waals surface area contributed by atoms with Crippen LogP contribution in [-0.2, 0) is 4.74 Å². The normalized spacial score (nSPS) is 13.3. The summed E-state index contributed by atoms with van der Waals surface area (Å²) in [6.07, 6.45) is -9.32. The van der Waals surface area contributed by atoms with Crippen LogP contribution in [0.2, 0.25) is 5.02 Å². The smallest absolute Gasteiger partial charge is 0.412 e. The van der Waals surface area contributed by atoms with Gasteiger partial charge >= 0.3 is 18.4 Å². The first-order chi connectivity index (χ1) is 12.2. The zero-order chi connectivity index (χ0) is 21.2. The Morgan fingerprint density at radius 1 is 1.15 bits per heavy atom. The Hall–Kier alpha value is -2.17. The van der Waals surface area contributed by atoms with Gasteiger partial charge in [-0.05, 0) is 32.9 Å². The minimum absolute atomic E-state index is 0.630. The summed E-state index contributed by atoms with van der Waals surface area (Å²) in [6, 6.07) is 1.84. The number of amides is 2. The van der Waals surface area contributed by atoms with Crippen molar-refractivity contribution < 1.29 is 40.7 Å². The lowest BCUT2D eigenvalue weighted by atomic mass is 10.1. The first-order valence-corrected chi connectivity index (χ1v) is 7.63. The Morgan fingerprint density at radius 3 is 2.19 bits per heavy atom. The molecule has 0 heterocycles. The van der Waals surface area contributed by atoms with E-state index in [0.29, 0.717) is 0 Å². The van der Waals surface area contributed by atoms with Crippen LogP contribution in [-0.4, -0.2) is 36.2 Å². The molecule has 0 aliphatic carbocycles. The zero-order valence-corrected chi connectivity index (χ0v) is 14.9. The SMILES string of the molecule is CC(C)(C)OC(=O)Nc1ccc(Cl)c(C(=O)NC(F)C(F)(F)C(F)F)c1F. The van der Waals surface area contributed by atoms with Gasteiger partial charge in [-0.15, -0.1) is 0 Å². The Bertz CT molecular complexity index is 724. The number of halogens is 7. The quantitative estimate of drug-likeness (QED) is 0.533. The number of nitrogens with one attached hydrogen (secondary N) is 2. The summed E-state index contributed by atoms with van der Waals surface area (Å²) in [5.74, 6) is -8.53. The predicted molar refractivity (Wildman–Crippen MR) is 84.6 cm³/mol. The summed E-state index contributed by atoms with van der Waals surface area (Å²) in [6.45, 7) is 4.57. The monoisotopic (exact) mass is 420 g/mol. The van der Waals surface area contributed by atoms with Crippen molar-refractivity contribution in [3.8, 4) is 0 Å². The van der Waals surface area contributed by atoms with Crippen LogP contribution in [0.1, 0.15) is 31.1 Å². The fourth-order valence-corrected chi connectivity index (χ4v) is 1.90. The van der Waals surface area contributed by atoms with E-state index < -0.39 is 58.3 Å². The molecule has 0 fully saturated rings. The van der Waals surface area contributed by atoms with E-state index in [4.69, 9.17) is 16.3 Å². The third-order valence-corrected chi connectivity index (χ3v) is 3.16. The van der Waals surface area contributed by atoms with Gasteiger partial charge in [-0.3, -0.25) is 10.1 Å². The summed E-state index contributed by atoms with van der Waals surface area (Å²) in [7, 11) is 0. The molecule has 0 aliphatic heterocycles. The number of carbonyl (C=O) groups excluding carboxylic acids is 2. The van der Waals surface area contributed by atoms with Crippen molar-refractivity contribution >= 4 is 29.3 Å². The third kappa shape index (κ3) is 5.91. The van der Waals surface area contributed by atoms with Gasteiger partial charge in [0.1, 0.15) is 5.60 Å². The van der Waals surface area contributed by atoms with Crippen LogP contribution < -0.4 is 10.6 Å². The highest BCUT2D eigenvalue weighted by Crippen LogP contribution is 2.30. The highest BCUT2D eigenvalue weighted by atomic mass is 35.5. The second-order valence-electron chi connectivity index (χ2n) is 6.22. The maximum Gasteiger partial charge on any atom is 0.412 e. The fraction of sp³-hybridized carbons (Fsp3) is 0.467. The minimum atomic E-state index is -5.20. The summed E-state index contributed by atoms with van der Waals surface area (Å²) < 4.78 is 82.6. The van der Waals surface area contributed by atoms with E-state index in [2.05, 4.69) is 0 Å². The lowest BCUT2D eigenvalue weighted by molar-refractivity contribution is -0.175. The molecule has 5 nitrogen and oxygen atoms in total. The second-order valence-corrected chi connectivity index (χ2v) is 6.63. The number of ether oxygens (including phenoxy) is 1. The predicted octanol–water partition coefficient (Wildman–Crippen LogP) is 4.75. The average Bonchev–Trinajstić information content (AvgIpc) is 2.48. The molecule has 1 rings (SSSR count). The molecule has 2 N–H and O–H groups in total. The highest BCUT2D eigenvalue weighted by molar-refractivity contribution is 6.34. The van der Waals surface area contributed by atoms with Gasteiger partial charge in [0, 0.05) is 0 Å². The Kier molecular flexibility index (Phi) is 6.98. The van der Waals surface area contributed by atoms with Gasteiger partial charge in [-0.2, -0.15) is 8.78 Å². The van der Waals surface area contributed by atoms with Crippen molar-refractivity contribution in [2.24, 2.45) is 0 Å². The first kappa shape index (κ1) is 22.9. The Labute approximate surface area is 155 Å². The van der Waals surface area contributed by atoms with Crippen molar-refractivity contribution in [3.05, 3.63) is 28.5 Å². The molecule has 1 aromatic carbocycles. The number of carbonyl (C=O) groups is 2. The van der Waals surface area contributed by atoms with E-state index in [-0.39, 0.29) is 0 Å². The molecule has 0 bridgehead atoms. The summed E-state index contributed by atoms with van der Waals surface area (Å²) in [5, 5.41) is 2.24. The molecule has 1 unspecified atom stereocenters. The molecule has 0 aromatic heterocycles. The van der Waals surface area contributed by atoms with E-state index >= 15 is 0 Å². The topological polar surface area (TPSA) is 67.4 Å². The van der Waals surface area contributed by atoms with Gasteiger partial charge in [0.2, 0.25) is 6.30 Å². The van der Waals surface area contributed by atoms with Crippen LogP contribution in [0, 0.1) is 5.82 Å². The maximum absolute atomic E-state index is 14.4. The largest absolute Gasteiger partial charge is 0.444 e. The van der Waals surface area contributed by atoms with E-state index in [1.807, 2.05) is 5.32 Å². The van der Waals surface area contributed by atoms with Crippen molar-refractivity contribution in [2.45, 2.75) is 45.0 Å². The molecule has 0 saturated carbocycles. The maximum atomic E-state index is 14.4. The molecular formula is C15H15ClF6N2O3. The zero-order valence-electron chi connectivity index (χ0n) is 14.2. The van der Waals surface area contributed by atoms with E-state index in [1.54, 1.807) is 0 Å². The minimum Gasteiger partial charge on any atom is -0.444 e. The summed E-state index contributed by atoms with van der Waals surface area (Å²) in [5.41, 5.74) is -2.69. The van der Waals surface area contributed by atoms with Gasteiger partial charge in [0.05, 0.1) is 16.3 Å². The molecule has 0 saturated heterocycles. The molecule has 12 heteroatoms. The van der Waals surface area contributed by atoms with Gasteiger partial charge in [0.25, 0.3) is 5.91 Å². The fourth-order valence-electron chi connectivity index (χ4n) is 1.66. The number of hydrogen-bond donors (Lipinski definition) is 2. The molecule has 2 amide bonds. The van der Waals surface area contributed by atoms with Crippen LogP contribution in [0.3, 0.4) is 0 Å².